The molecule has 0 radical (unpaired) electrons. The van der Waals surface area contributed by atoms with E-state index in [-0.39, 0.29) is 18.1 Å². The normalized spacial score (nSPS) is 10.6. The number of ketones is 1. The molecule has 0 saturated carbocycles. The van der Waals surface area contributed by atoms with E-state index in [2.05, 4.69) is 10.3 Å². The number of nitrogens with one attached hydrogen (secondary N) is 1. The number of aromatic nitrogens is 1. The van der Waals surface area contributed by atoms with Gasteiger partial charge in [0.05, 0.1) is 23.9 Å². The summed E-state index contributed by atoms with van der Waals surface area (Å²) in [6.45, 7) is 0.114. The molecule has 0 aliphatic heterocycles. The third-order valence-corrected chi connectivity index (χ3v) is 4.14. The van der Waals surface area contributed by atoms with Crippen LogP contribution in [0.5, 0.6) is 5.75 Å². The molecule has 0 fully saturated rings. The van der Waals surface area contributed by atoms with Gasteiger partial charge in [-0.2, -0.15) is 0 Å². The van der Waals surface area contributed by atoms with E-state index >= 15 is 0 Å². The van der Waals surface area contributed by atoms with Gasteiger partial charge in [-0.05, 0) is 42.5 Å². The molecule has 0 amide bonds. The van der Waals surface area contributed by atoms with Gasteiger partial charge in [-0.3, -0.25) is 4.79 Å². The average molecular weight is 316 g/mol. The quantitative estimate of drug-likeness (QED) is 0.729. The smallest absolute Gasteiger partial charge is 0.184 e. The maximum absolute atomic E-state index is 12.8. The lowest BCUT2D eigenvalue weighted by molar-refractivity contribution is 0.101. The lowest BCUT2D eigenvalue weighted by Crippen LogP contribution is -2.13. The monoisotopic (exact) mass is 316 g/mol. The fourth-order valence-electron chi connectivity index (χ4n) is 2.00. The van der Waals surface area contributed by atoms with Gasteiger partial charge in [-0.25, -0.2) is 9.37 Å². The van der Waals surface area contributed by atoms with Crippen molar-refractivity contribution in [2.24, 2.45) is 0 Å². The van der Waals surface area contributed by atoms with Crippen LogP contribution in [0.15, 0.2) is 42.5 Å². The van der Waals surface area contributed by atoms with Gasteiger partial charge < -0.3 is 10.1 Å². The second-order valence-electron chi connectivity index (χ2n) is 4.64. The van der Waals surface area contributed by atoms with Crippen LogP contribution in [0.25, 0.3) is 10.2 Å². The van der Waals surface area contributed by atoms with Gasteiger partial charge in [0.1, 0.15) is 11.6 Å². The Morgan fingerprint density at radius 3 is 2.77 bits per heavy atom. The first kappa shape index (κ1) is 14.5. The topological polar surface area (TPSA) is 51.2 Å². The van der Waals surface area contributed by atoms with E-state index in [1.54, 1.807) is 7.11 Å². The Hall–Kier alpha value is -2.47. The van der Waals surface area contributed by atoms with Crippen LogP contribution in [0.2, 0.25) is 0 Å². The molecule has 4 nitrogen and oxygen atoms in total. The maximum atomic E-state index is 12.8. The van der Waals surface area contributed by atoms with Crippen LogP contribution < -0.4 is 10.1 Å². The molecule has 22 heavy (non-hydrogen) atoms. The minimum Gasteiger partial charge on any atom is -0.497 e. The number of nitrogens with zero attached hydrogens (tertiary/aromatic N) is 1. The van der Waals surface area contributed by atoms with Crippen molar-refractivity contribution >= 4 is 32.5 Å². The number of thiazole rings is 1. The summed E-state index contributed by atoms with van der Waals surface area (Å²) in [5.74, 6) is 0.298. The molecule has 0 aliphatic carbocycles. The molecule has 0 saturated heterocycles. The molecule has 6 heteroatoms. The Labute approximate surface area is 130 Å². The number of hydrogen-bond donors (Lipinski definition) is 1. The summed E-state index contributed by atoms with van der Waals surface area (Å²) in [5, 5.41) is 3.67. The first-order valence-corrected chi connectivity index (χ1v) is 7.44. The number of carbonyl (C=O) groups is 1. The fourth-order valence-corrected chi connectivity index (χ4v) is 2.89. The summed E-state index contributed by atoms with van der Waals surface area (Å²) < 4.78 is 19.0. The van der Waals surface area contributed by atoms with Crippen LogP contribution in [-0.2, 0) is 0 Å². The third-order valence-electron chi connectivity index (χ3n) is 3.16. The highest BCUT2D eigenvalue weighted by atomic mass is 32.1. The highest BCUT2D eigenvalue weighted by Crippen LogP contribution is 2.29. The lowest BCUT2D eigenvalue weighted by Gasteiger charge is -2.02. The Morgan fingerprint density at radius 2 is 2.05 bits per heavy atom. The molecule has 2 aromatic carbocycles. The molecule has 1 N–H and O–H groups in total. The number of anilines is 1. The molecular weight excluding hydrogens is 303 g/mol. The zero-order valence-electron chi connectivity index (χ0n) is 11.8. The SMILES string of the molecule is COc1ccc2nc(NCC(=O)c3ccc(F)cc3)sc2c1. The number of Topliss-reactive ketones (excluding diaryl/α,β-unsaturated/α-hetero) is 1. The van der Waals surface area contributed by atoms with Gasteiger partial charge >= 0.3 is 0 Å². The molecule has 0 atom stereocenters. The molecule has 0 bridgehead atoms. The van der Waals surface area contributed by atoms with Crippen LogP contribution >= 0.6 is 11.3 Å². The summed E-state index contributed by atoms with van der Waals surface area (Å²) >= 11 is 1.45. The van der Waals surface area contributed by atoms with Gasteiger partial charge in [-0.15, -0.1) is 0 Å². The zero-order valence-corrected chi connectivity index (χ0v) is 12.6. The Bertz CT molecular complexity index is 815. The molecule has 0 aliphatic rings. The molecule has 1 heterocycles. The van der Waals surface area contributed by atoms with Crippen molar-refractivity contribution in [1.29, 1.82) is 0 Å². The van der Waals surface area contributed by atoms with E-state index in [4.69, 9.17) is 4.74 Å². The number of fused-ring (bicyclic) bond motifs is 1. The summed E-state index contributed by atoms with van der Waals surface area (Å²) in [6.07, 6.45) is 0. The number of halogens is 1. The van der Waals surface area contributed by atoms with Crippen LogP contribution in [-0.4, -0.2) is 24.4 Å². The van der Waals surface area contributed by atoms with Gasteiger partial charge in [0.2, 0.25) is 0 Å². The summed E-state index contributed by atoms with van der Waals surface area (Å²) in [7, 11) is 1.61. The van der Waals surface area contributed by atoms with Crippen molar-refractivity contribution in [3.63, 3.8) is 0 Å². The first-order chi connectivity index (χ1) is 10.7. The highest BCUT2D eigenvalue weighted by molar-refractivity contribution is 7.22. The van der Waals surface area contributed by atoms with E-state index in [0.717, 1.165) is 16.0 Å². The minimum absolute atomic E-state index is 0.114. The summed E-state index contributed by atoms with van der Waals surface area (Å²) in [4.78, 5) is 16.4. The van der Waals surface area contributed by atoms with Gasteiger partial charge in [0.15, 0.2) is 10.9 Å². The van der Waals surface area contributed by atoms with Crippen molar-refractivity contribution in [2.45, 2.75) is 0 Å². The van der Waals surface area contributed by atoms with Crippen molar-refractivity contribution in [1.82, 2.24) is 4.98 Å². The van der Waals surface area contributed by atoms with Gasteiger partial charge in [-0.1, -0.05) is 11.3 Å². The maximum Gasteiger partial charge on any atom is 0.184 e. The standard InChI is InChI=1S/C16H13FN2O2S/c1-21-12-6-7-13-15(8-12)22-16(19-13)18-9-14(20)10-2-4-11(17)5-3-10/h2-8H,9H2,1H3,(H,18,19). The number of carbonyl (C=O) groups excluding carboxylic acids is 1. The predicted octanol–water partition coefficient (Wildman–Crippen LogP) is 3.74. The lowest BCUT2D eigenvalue weighted by atomic mass is 10.1. The van der Waals surface area contributed by atoms with E-state index in [1.807, 2.05) is 18.2 Å². The predicted molar refractivity (Wildman–Crippen MR) is 85.4 cm³/mol. The molecule has 3 aromatic rings. The van der Waals surface area contributed by atoms with Crippen molar-refractivity contribution in [2.75, 3.05) is 19.0 Å². The van der Waals surface area contributed by atoms with Crippen molar-refractivity contribution in [3.8, 4) is 5.75 Å². The van der Waals surface area contributed by atoms with E-state index < -0.39 is 0 Å². The molecule has 0 unspecified atom stereocenters. The number of benzene rings is 2. The zero-order chi connectivity index (χ0) is 15.5. The Balaban J connectivity index is 1.70. The van der Waals surface area contributed by atoms with Crippen molar-refractivity contribution < 1.29 is 13.9 Å². The largest absolute Gasteiger partial charge is 0.497 e. The molecule has 1 aromatic heterocycles. The van der Waals surface area contributed by atoms with E-state index in [1.165, 1.54) is 35.6 Å². The average Bonchev–Trinajstić information content (AvgIpc) is 2.95. The third kappa shape index (κ3) is 3.07. The molecule has 112 valence electrons. The molecule has 3 rings (SSSR count). The van der Waals surface area contributed by atoms with Crippen LogP contribution in [0.3, 0.4) is 0 Å². The number of ether oxygens (including phenoxy) is 1. The van der Waals surface area contributed by atoms with Crippen LogP contribution in [0, 0.1) is 5.82 Å². The second kappa shape index (κ2) is 6.11. The number of rotatable bonds is 5. The summed E-state index contributed by atoms with van der Waals surface area (Å²) in [6, 6.07) is 11.1. The molecular formula is C16H13FN2O2S. The van der Waals surface area contributed by atoms with Crippen molar-refractivity contribution in [3.05, 3.63) is 53.8 Å². The molecule has 0 spiro atoms. The van der Waals surface area contributed by atoms with Gasteiger partial charge in [0.25, 0.3) is 0 Å². The van der Waals surface area contributed by atoms with Gasteiger partial charge in [0, 0.05) is 5.56 Å². The Morgan fingerprint density at radius 1 is 1.27 bits per heavy atom. The highest BCUT2D eigenvalue weighted by Gasteiger charge is 2.09. The van der Waals surface area contributed by atoms with Crippen LogP contribution in [0.1, 0.15) is 10.4 Å². The number of methoxy groups -OCH3 is 1. The van der Waals surface area contributed by atoms with E-state index in [9.17, 15) is 9.18 Å². The summed E-state index contributed by atoms with van der Waals surface area (Å²) in [5.41, 5.74) is 1.32. The van der Waals surface area contributed by atoms with E-state index in [0.29, 0.717) is 10.7 Å². The minimum atomic E-state index is -0.357. The fraction of sp³-hybridized carbons (Fsp3) is 0.125. The number of hydrogen-bond acceptors (Lipinski definition) is 5. The first-order valence-electron chi connectivity index (χ1n) is 6.63. The Kier molecular flexibility index (Phi) is 4.02. The second-order valence-corrected chi connectivity index (χ2v) is 5.67. The van der Waals surface area contributed by atoms with Crippen LogP contribution in [0.4, 0.5) is 9.52 Å².